The highest BCUT2D eigenvalue weighted by Crippen LogP contribution is 2.38. The quantitative estimate of drug-likeness (QED) is 0.694. The van der Waals surface area contributed by atoms with Crippen LogP contribution >= 0.6 is 0 Å². The summed E-state index contributed by atoms with van der Waals surface area (Å²) < 4.78 is 0. The molecule has 1 rings (SSSR count). The van der Waals surface area contributed by atoms with Crippen LogP contribution in [0.4, 0.5) is 4.79 Å². The van der Waals surface area contributed by atoms with E-state index in [1.807, 2.05) is 20.8 Å². The molecule has 1 aliphatic heterocycles. The molecule has 0 saturated carbocycles. The zero-order valence-corrected chi connectivity index (χ0v) is 10.1. The van der Waals surface area contributed by atoms with Gasteiger partial charge < -0.3 is 0 Å². The molecule has 0 aromatic heterocycles. The van der Waals surface area contributed by atoms with Crippen molar-refractivity contribution in [3.05, 3.63) is 0 Å². The van der Waals surface area contributed by atoms with Crippen molar-refractivity contribution >= 4 is 17.8 Å². The highest BCUT2D eigenvalue weighted by Gasteiger charge is 2.50. The zero-order valence-electron chi connectivity index (χ0n) is 10.1. The van der Waals surface area contributed by atoms with Gasteiger partial charge >= 0.3 is 6.03 Å². The molecule has 0 aliphatic carbocycles. The van der Waals surface area contributed by atoms with Crippen LogP contribution in [0.1, 0.15) is 40.5 Å². The summed E-state index contributed by atoms with van der Waals surface area (Å²) in [5.74, 6) is -0.975. The Morgan fingerprint density at radius 1 is 1.06 bits per heavy atom. The Labute approximate surface area is 95.0 Å². The Hall–Kier alpha value is -1.39. The van der Waals surface area contributed by atoms with Crippen LogP contribution < -0.4 is 10.6 Å². The number of imide groups is 2. The van der Waals surface area contributed by atoms with E-state index in [4.69, 9.17) is 0 Å². The maximum Gasteiger partial charge on any atom is 0.328 e. The van der Waals surface area contributed by atoms with Crippen LogP contribution in [0.25, 0.3) is 0 Å². The first kappa shape index (κ1) is 12.7. The molecule has 1 aliphatic rings. The minimum atomic E-state index is -1.12. The van der Waals surface area contributed by atoms with E-state index in [0.717, 1.165) is 0 Å². The standard InChI is InChI=1S/C11H18N2O3/c1-5-11(6-10(2,3)4)7(14)12-9(16)13-8(11)15/h5-6H2,1-4H3,(H2,12,13,14,15,16). The smallest absolute Gasteiger partial charge is 0.277 e. The Morgan fingerprint density at radius 3 is 1.81 bits per heavy atom. The van der Waals surface area contributed by atoms with Crippen LogP contribution in [-0.4, -0.2) is 17.8 Å². The van der Waals surface area contributed by atoms with Crippen LogP contribution in [0.5, 0.6) is 0 Å². The van der Waals surface area contributed by atoms with E-state index in [1.54, 1.807) is 6.92 Å². The third-order valence-electron chi connectivity index (χ3n) is 2.76. The second-order valence-electron chi connectivity index (χ2n) is 5.41. The number of carbonyl (C=O) groups is 3. The largest absolute Gasteiger partial charge is 0.328 e. The van der Waals surface area contributed by atoms with Crippen molar-refractivity contribution in [3.8, 4) is 0 Å². The van der Waals surface area contributed by atoms with E-state index in [-0.39, 0.29) is 5.41 Å². The summed E-state index contributed by atoms with van der Waals surface area (Å²) in [5, 5.41) is 4.33. The molecular formula is C11H18N2O3. The SMILES string of the molecule is CCC1(CC(C)(C)C)C(=O)NC(=O)NC1=O. The second-order valence-corrected chi connectivity index (χ2v) is 5.41. The molecule has 0 bridgehead atoms. The van der Waals surface area contributed by atoms with Crippen LogP contribution in [0.3, 0.4) is 0 Å². The molecule has 0 aromatic carbocycles. The molecule has 1 fully saturated rings. The van der Waals surface area contributed by atoms with E-state index in [2.05, 4.69) is 10.6 Å². The number of urea groups is 1. The van der Waals surface area contributed by atoms with Gasteiger partial charge in [-0.15, -0.1) is 0 Å². The molecule has 5 heteroatoms. The second kappa shape index (κ2) is 3.88. The van der Waals surface area contributed by atoms with Crippen LogP contribution in [0, 0.1) is 10.8 Å². The third kappa shape index (κ3) is 2.23. The van der Waals surface area contributed by atoms with Gasteiger partial charge in [0.05, 0.1) is 0 Å². The van der Waals surface area contributed by atoms with Gasteiger partial charge in [0.15, 0.2) is 0 Å². The van der Waals surface area contributed by atoms with Gasteiger partial charge in [0.1, 0.15) is 5.41 Å². The van der Waals surface area contributed by atoms with Crippen molar-refractivity contribution in [1.82, 2.24) is 10.6 Å². The molecule has 4 amide bonds. The lowest BCUT2D eigenvalue weighted by molar-refractivity contribution is -0.146. The van der Waals surface area contributed by atoms with Gasteiger partial charge in [0.2, 0.25) is 11.8 Å². The number of rotatable bonds is 2. The maximum absolute atomic E-state index is 11.9. The van der Waals surface area contributed by atoms with Gasteiger partial charge in [-0.3, -0.25) is 20.2 Å². The fourth-order valence-electron chi connectivity index (χ4n) is 2.09. The zero-order chi connectivity index (χ0) is 12.6. The van der Waals surface area contributed by atoms with Gasteiger partial charge in [-0.05, 0) is 18.3 Å². The molecule has 1 saturated heterocycles. The van der Waals surface area contributed by atoms with Gasteiger partial charge in [0, 0.05) is 0 Å². The maximum atomic E-state index is 11.9. The number of barbiturate groups is 1. The van der Waals surface area contributed by atoms with Crippen LogP contribution in [-0.2, 0) is 9.59 Å². The monoisotopic (exact) mass is 226 g/mol. The van der Waals surface area contributed by atoms with E-state index < -0.39 is 23.3 Å². The summed E-state index contributed by atoms with van der Waals surface area (Å²) in [6.45, 7) is 7.66. The van der Waals surface area contributed by atoms with Crippen molar-refractivity contribution < 1.29 is 14.4 Å². The summed E-state index contributed by atoms with van der Waals surface area (Å²) in [7, 11) is 0. The normalized spacial score (nSPS) is 20.4. The number of hydrogen-bond donors (Lipinski definition) is 2. The van der Waals surface area contributed by atoms with E-state index in [0.29, 0.717) is 12.8 Å². The summed E-state index contributed by atoms with van der Waals surface area (Å²) in [4.78, 5) is 34.7. The molecule has 5 nitrogen and oxygen atoms in total. The Balaban J connectivity index is 3.06. The first-order chi connectivity index (χ1) is 7.21. The van der Waals surface area contributed by atoms with Crippen molar-refractivity contribution in [1.29, 1.82) is 0 Å². The molecule has 0 spiro atoms. The summed E-state index contributed by atoms with van der Waals surface area (Å²) in [5.41, 5.74) is -1.28. The van der Waals surface area contributed by atoms with E-state index in [9.17, 15) is 14.4 Å². The lowest BCUT2D eigenvalue weighted by Gasteiger charge is -2.37. The minimum absolute atomic E-state index is 0.162. The fraction of sp³-hybridized carbons (Fsp3) is 0.727. The van der Waals surface area contributed by atoms with Crippen LogP contribution in [0.15, 0.2) is 0 Å². The molecule has 0 unspecified atom stereocenters. The Kier molecular flexibility index (Phi) is 3.08. The topological polar surface area (TPSA) is 75.3 Å². The third-order valence-corrected chi connectivity index (χ3v) is 2.76. The van der Waals surface area contributed by atoms with Crippen LogP contribution in [0.2, 0.25) is 0 Å². The predicted octanol–water partition coefficient (Wildman–Crippen LogP) is 1.18. The van der Waals surface area contributed by atoms with Gasteiger partial charge in [-0.25, -0.2) is 4.79 Å². The summed E-state index contributed by atoms with van der Waals surface area (Å²) >= 11 is 0. The first-order valence-electron chi connectivity index (χ1n) is 5.38. The predicted molar refractivity (Wildman–Crippen MR) is 58.5 cm³/mol. The van der Waals surface area contributed by atoms with Gasteiger partial charge in [0.25, 0.3) is 0 Å². The summed E-state index contributed by atoms with van der Waals surface area (Å²) in [6, 6.07) is -0.729. The highest BCUT2D eigenvalue weighted by atomic mass is 16.2. The molecule has 90 valence electrons. The molecule has 0 aromatic rings. The number of nitrogens with one attached hydrogen (secondary N) is 2. The lowest BCUT2D eigenvalue weighted by atomic mass is 9.70. The van der Waals surface area contributed by atoms with Crippen molar-refractivity contribution in [2.75, 3.05) is 0 Å². The molecule has 0 atom stereocenters. The van der Waals surface area contributed by atoms with Gasteiger partial charge in [-0.1, -0.05) is 27.7 Å². The van der Waals surface area contributed by atoms with E-state index in [1.165, 1.54) is 0 Å². The summed E-state index contributed by atoms with van der Waals surface area (Å²) in [6.07, 6.45) is 0.802. The number of hydrogen-bond acceptors (Lipinski definition) is 3. The van der Waals surface area contributed by atoms with Crippen molar-refractivity contribution in [3.63, 3.8) is 0 Å². The lowest BCUT2D eigenvalue weighted by Crippen LogP contribution is -2.63. The number of carbonyl (C=O) groups excluding carboxylic acids is 3. The van der Waals surface area contributed by atoms with Gasteiger partial charge in [-0.2, -0.15) is 0 Å². The molecule has 16 heavy (non-hydrogen) atoms. The number of amides is 4. The van der Waals surface area contributed by atoms with Crippen molar-refractivity contribution in [2.24, 2.45) is 10.8 Å². The van der Waals surface area contributed by atoms with Crippen molar-refractivity contribution in [2.45, 2.75) is 40.5 Å². The highest BCUT2D eigenvalue weighted by molar-refractivity contribution is 6.19. The van der Waals surface area contributed by atoms with E-state index >= 15 is 0 Å². The molecule has 1 heterocycles. The minimum Gasteiger partial charge on any atom is -0.277 e. The molecule has 2 N–H and O–H groups in total. The fourth-order valence-corrected chi connectivity index (χ4v) is 2.09. The molecular weight excluding hydrogens is 208 g/mol. The Bertz CT molecular complexity index is 322. The average molecular weight is 226 g/mol. The Morgan fingerprint density at radius 2 is 1.50 bits per heavy atom. The first-order valence-corrected chi connectivity index (χ1v) is 5.38. The molecule has 0 radical (unpaired) electrons. The average Bonchev–Trinajstić information content (AvgIpc) is 2.09.